The van der Waals surface area contributed by atoms with Gasteiger partial charge in [-0.25, -0.2) is 0 Å². The van der Waals surface area contributed by atoms with Crippen molar-refractivity contribution >= 4 is 11.6 Å². The van der Waals surface area contributed by atoms with Gasteiger partial charge in [0.25, 0.3) is 0 Å². The molecule has 2 atom stereocenters. The smallest absolute Gasteiger partial charge is 0.244 e. The number of likely N-dealkylation sites (N-methyl/N-ethyl adjacent to an activating group) is 1. The number of ether oxygens (including phenoxy) is 1. The molecule has 1 amide bonds. The third kappa shape index (κ3) is 2.57. The van der Waals surface area contributed by atoms with Crippen molar-refractivity contribution in [3.63, 3.8) is 0 Å². The lowest BCUT2D eigenvalue weighted by Gasteiger charge is -2.29. The van der Waals surface area contributed by atoms with Crippen LogP contribution in [0.2, 0.25) is 0 Å². The minimum absolute atomic E-state index is 0.0440. The van der Waals surface area contributed by atoms with E-state index in [0.717, 1.165) is 30.1 Å². The molecule has 118 valence electrons. The van der Waals surface area contributed by atoms with E-state index >= 15 is 0 Å². The van der Waals surface area contributed by atoms with Gasteiger partial charge in [-0.15, -0.1) is 0 Å². The van der Waals surface area contributed by atoms with Gasteiger partial charge in [0, 0.05) is 32.8 Å². The van der Waals surface area contributed by atoms with Gasteiger partial charge < -0.3 is 9.64 Å². The summed E-state index contributed by atoms with van der Waals surface area (Å²) in [5.74, 6) is 0.908. The monoisotopic (exact) mass is 309 g/mol. The Balaban J connectivity index is 1.63. The third-order valence-corrected chi connectivity index (χ3v) is 4.59. The second-order valence-electron chi connectivity index (χ2n) is 6.11. The zero-order chi connectivity index (χ0) is 15.8. The molecule has 0 spiro atoms. The Morgan fingerprint density at radius 1 is 1.22 bits per heavy atom. The van der Waals surface area contributed by atoms with Gasteiger partial charge in [0.2, 0.25) is 5.91 Å². The van der Waals surface area contributed by atoms with E-state index in [4.69, 9.17) is 4.74 Å². The molecule has 1 saturated heterocycles. The summed E-state index contributed by atoms with van der Waals surface area (Å²) in [4.78, 5) is 21.2. The van der Waals surface area contributed by atoms with Crippen LogP contribution in [0.15, 0.2) is 48.7 Å². The number of carbonyl (C=O) groups excluding carboxylic acids is 1. The van der Waals surface area contributed by atoms with Crippen LogP contribution in [0.5, 0.6) is 5.75 Å². The number of nitrogens with zero attached hydrogens (tertiary/aromatic N) is 3. The maximum Gasteiger partial charge on any atom is 0.244 e. The molecule has 1 aromatic heterocycles. The number of anilines is 1. The lowest BCUT2D eigenvalue weighted by atomic mass is 10.1. The molecule has 0 saturated carbocycles. The first-order valence-electron chi connectivity index (χ1n) is 7.89. The highest BCUT2D eigenvalue weighted by Gasteiger charge is 2.41. The molecule has 23 heavy (non-hydrogen) atoms. The van der Waals surface area contributed by atoms with Crippen molar-refractivity contribution in [3.05, 3.63) is 54.4 Å². The zero-order valence-electron chi connectivity index (χ0n) is 13.1. The van der Waals surface area contributed by atoms with Gasteiger partial charge in [0.05, 0.1) is 17.4 Å². The first kappa shape index (κ1) is 14.2. The standard InChI is InChI=1S/C18H19N3O2/c1-20-15-7-2-3-8-17(15)23-14-10-16(18(20)22)21(12-14)11-13-6-4-5-9-19-13/h2-9,14,16H,10-12H2,1H3/t14-,16-/m0/s1. The van der Waals surface area contributed by atoms with Crippen molar-refractivity contribution < 1.29 is 9.53 Å². The van der Waals surface area contributed by atoms with Crippen LogP contribution in [-0.2, 0) is 11.3 Å². The number of likely N-dealkylation sites (tertiary alicyclic amines) is 1. The summed E-state index contributed by atoms with van der Waals surface area (Å²) < 4.78 is 6.16. The van der Waals surface area contributed by atoms with Crippen LogP contribution < -0.4 is 9.64 Å². The molecule has 5 heteroatoms. The van der Waals surface area contributed by atoms with Gasteiger partial charge in [0.1, 0.15) is 11.9 Å². The Bertz CT molecular complexity index is 719. The van der Waals surface area contributed by atoms with Crippen LogP contribution >= 0.6 is 0 Å². The number of hydrogen-bond acceptors (Lipinski definition) is 4. The Morgan fingerprint density at radius 2 is 2.04 bits per heavy atom. The molecule has 0 aliphatic carbocycles. The Hall–Kier alpha value is -2.40. The molecule has 0 radical (unpaired) electrons. The molecule has 2 aromatic rings. The molecular formula is C18H19N3O2. The fourth-order valence-electron chi connectivity index (χ4n) is 3.43. The molecule has 5 nitrogen and oxygen atoms in total. The maximum atomic E-state index is 12.9. The highest BCUT2D eigenvalue weighted by Crippen LogP contribution is 2.35. The number of fused-ring (bicyclic) bond motifs is 3. The maximum absolute atomic E-state index is 12.9. The number of pyridine rings is 1. The molecule has 2 aliphatic heterocycles. The van der Waals surface area contributed by atoms with Crippen molar-refractivity contribution in [3.8, 4) is 5.75 Å². The first-order chi connectivity index (χ1) is 11.2. The fourth-order valence-corrected chi connectivity index (χ4v) is 3.43. The lowest BCUT2D eigenvalue weighted by molar-refractivity contribution is -0.122. The molecule has 0 N–H and O–H groups in total. The third-order valence-electron chi connectivity index (χ3n) is 4.59. The number of para-hydroxylation sites is 2. The molecular weight excluding hydrogens is 290 g/mol. The predicted molar refractivity (Wildman–Crippen MR) is 87.3 cm³/mol. The number of benzene rings is 1. The molecule has 1 fully saturated rings. The van der Waals surface area contributed by atoms with Crippen molar-refractivity contribution in [2.24, 2.45) is 0 Å². The van der Waals surface area contributed by atoms with Gasteiger partial charge in [-0.05, 0) is 24.3 Å². The minimum Gasteiger partial charge on any atom is -0.487 e. The molecule has 2 aliphatic rings. The van der Waals surface area contributed by atoms with E-state index in [1.807, 2.05) is 49.5 Å². The topological polar surface area (TPSA) is 45.7 Å². The van der Waals surface area contributed by atoms with Crippen LogP contribution in [0.4, 0.5) is 5.69 Å². The minimum atomic E-state index is -0.152. The van der Waals surface area contributed by atoms with Crippen LogP contribution in [0.1, 0.15) is 12.1 Å². The molecule has 2 bridgehead atoms. The highest BCUT2D eigenvalue weighted by atomic mass is 16.5. The van der Waals surface area contributed by atoms with Crippen molar-refractivity contribution in [1.29, 1.82) is 0 Å². The average Bonchev–Trinajstić information content (AvgIpc) is 2.97. The summed E-state index contributed by atoms with van der Waals surface area (Å²) in [6.07, 6.45) is 2.56. The quantitative estimate of drug-likeness (QED) is 0.852. The van der Waals surface area contributed by atoms with Gasteiger partial charge >= 0.3 is 0 Å². The summed E-state index contributed by atoms with van der Waals surface area (Å²) in [6, 6.07) is 13.5. The summed E-state index contributed by atoms with van der Waals surface area (Å²) in [7, 11) is 1.82. The first-order valence-corrected chi connectivity index (χ1v) is 7.89. The Labute approximate surface area is 135 Å². The van der Waals surface area contributed by atoms with E-state index in [1.54, 1.807) is 11.1 Å². The highest BCUT2D eigenvalue weighted by molar-refractivity contribution is 5.98. The summed E-state index contributed by atoms with van der Waals surface area (Å²) in [5, 5.41) is 0. The van der Waals surface area contributed by atoms with E-state index in [9.17, 15) is 4.79 Å². The van der Waals surface area contributed by atoms with Gasteiger partial charge in [-0.3, -0.25) is 14.7 Å². The zero-order valence-corrected chi connectivity index (χ0v) is 13.1. The number of carbonyl (C=O) groups is 1. The summed E-state index contributed by atoms with van der Waals surface area (Å²) in [6.45, 7) is 1.41. The average molecular weight is 309 g/mol. The number of amides is 1. The predicted octanol–water partition coefficient (Wildman–Crippen LogP) is 2.08. The van der Waals surface area contributed by atoms with Crippen molar-refractivity contribution in [2.75, 3.05) is 18.5 Å². The lowest BCUT2D eigenvalue weighted by Crippen LogP contribution is -2.44. The van der Waals surface area contributed by atoms with Crippen molar-refractivity contribution in [2.45, 2.75) is 25.1 Å². The van der Waals surface area contributed by atoms with Gasteiger partial charge in [0.15, 0.2) is 0 Å². The summed E-state index contributed by atoms with van der Waals surface area (Å²) >= 11 is 0. The Kier molecular flexibility index (Phi) is 3.50. The van der Waals surface area contributed by atoms with Crippen LogP contribution in [0, 0.1) is 0 Å². The van der Waals surface area contributed by atoms with Gasteiger partial charge in [-0.1, -0.05) is 18.2 Å². The second kappa shape index (κ2) is 5.66. The summed E-state index contributed by atoms with van der Waals surface area (Å²) in [5.41, 5.74) is 1.82. The van der Waals surface area contributed by atoms with E-state index in [1.165, 1.54) is 0 Å². The number of rotatable bonds is 2. The molecule has 4 rings (SSSR count). The number of aromatic nitrogens is 1. The SMILES string of the molecule is CN1C(=O)[C@@H]2C[C@@H](CN2Cc2ccccn2)Oc2ccccc21. The molecule has 0 unspecified atom stereocenters. The van der Waals surface area contributed by atoms with Crippen LogP contribution in [-0.4, -0.2) is 41.5 Å². The van der Waals surface area contributed by atoms with Crippen LogP contribution in [0.25, 0.3) is 0 Å². The van der Waals surface area contributed by atoms with E-state index < -0.39 is 0 Å². The fraction of sp³-hybridized carbons (Fsp3) is 0.333. The largest absolute Gasteiger partial charge is 0.487 e. The van der Waals surface area contributed by atoms with E-state index in [-0.39, 0.29) is 18.1 Å². The molecule has 3 heterocycles. The van der Waals surface area contributed by atoms with E-state index in [0.29, 0.717) is 6.54 Å². The van der Waals surface area contributed by atoms with E-state index in [2.05, 4.69) is 9.88 Å². The van der Waals surface area contributed by atoms with Crippen molar-refractivity contribution in [1.82, 2.24) is 9.88 Å². The normalized spacial score (nSPS) is 23.9. The van der Waals surface area contributed by atoms with Gasteiger partial charge in [-0.2, -0.15) is 0 Å². The second-order valence-corrected chi connectivity index (χ2v) is 6.11. The Morgan fingerprint density at radius 3 is 2.87 bits per heavy atom. The van der Waals surface area contributed by atoms with Crippen LogP contribution in [0.3, 0.4) is 0 Å². The number of hydrogen-bond donors (Lipinski definition) is 0. The molecule has 1 aromatic carbocycles.